The molecule has 2 fully saturated rings. The molecule has 0 radical (unpaired) electrons. The molecule has 2 aliphatic heterocycles. The molecule has 0 saturated carbocycles. The number of carbonyl (C=O) groups excluding carboxylic acids is 2. The molecule has 1 N–H and O–H groups in total. The van der Waals surface area contributed by atoms with E-state index in [-0.39, 0.29) is 11.8 Å². The van der Waals surface area contributed by atoms with E-state index in [9.17, 15) is 9.59 Å². The molecule has 0 aromatic heterocycles. The van der Waals surface area contributed by atoms with E-state index >= 15 is 0 Å². The summed E-state index contributed by atoms with van der Waals surface area (Å²) in [5, 5.41) is 2.87. The number of piperidine rings is 2. The van der Waals surface area contributed by atoms with Gasteiger partial charge in [-0.15, -0.1) is 11.8 Å². The second kappa shape index (κ2) is 11.4. The van der Waals surface area contributed by atoms with Gasteiger partial charge in [-0.2, -0.15) is 0 Å². The van der Waals surface area contributed by atoms with Crippen molar-refractivity contribution >= 4 is 45.2 Å². The summed E-state index contributed by atoms with van der Waals surface area (Å²) in [7, 11) is 0. The van der Waals surface area contributed by atoms with Gasteiger partial charge in [0, 0.05) is 29.8 Å². The third-order valence-electron chi connectivity index (χ3n) is 5.83. The lowest BCUT2D eigenvalue weighted by Crippen LogP contribution is -2.45. The van der Waals surface area contributed by atoms with E-state index in [1.54, 1.807) is 0 Å². The number of rotatable bonds is 7. The maximum atomic E-state index is 12.6. The van der Waals surface area contributed by atoms with Gasteiger partial charge in [0.25, 0.3) is 0 Å². The molecule has 1 unspecified atom stereocenters. The number of carbonyl (C=O) groups is 2. The van der Waals surface area contributed by atoms with Gasteiger partial charge in [0.2, 0.25) is 11.8 Å². The van der Waals surface area contributed by atoms with Gasteiger partial charge < -0.3 is 15.1 Å². The van der Waals surface area contributed by atoms with Crippen LogP contribution in [0.5, 0.6) is 0 Å². The fourth-order valence-electron chi connectivity index (χ4n) is 4.14. The second-order valence-electron chi connectivity index (χ2n) is 8.38. The van der Waals surface area contributed by atoms with Crippen LogP contribution in [0.25, 0.3) is 0 Å². The molecule has 1 aromatic carbocycles. The Labute approximate surface area is 187 Å². The van der Waals surface area contributed by atoms with Gasteiger partial charge in [0.1, 0.15) is 0 Å². The standard InChI is InChI=1S/C22H32BrN3O2S/c1-17-7-10-25(11-8-17)13-18-4-3-9-26(14-18)22(28)16-29-15-21(27)24-20-6-2-5-19(23)12-20/h2,5-6,12,17-18H,3-4,7-11,13-16H2,1H3,(H,24,27). The molecule has 0 aliphatic carbocycles. The average Bonchev–Trinajstić information content (AvgIpc) is 2.70. The van der Waals surface area contributed by atoms with E-state index < -0.39 is 0 Å². The Morgan fingerprint density at radius 1 is 1.17 bits per heavy atom. The van der Waals surface area contributed by atoms with Crippen LogP contribution in [0.15, 0.2) is 28.7 Å². The quantitative estimate of drug-likeness (QED) is 0.636. The Morgan fingerprint density at radius 3 is 2.72 bits per heavy atom. The highest BCUT2D eigenvalue weighted by molar-refractivity contribution is 9.10. The van der Waals surface area contributed by atoms with Crippen molar-refractivity contribution in [1.82, 2.24) is 9.80 Å². The minimum absolute atomic E-state index is 0.0725. The third kappa shape index (κ3) is 7.61. The first-order chi connectivity index (χ1) is 14.0. The number of amides is 2. The van der Waals surface area contributed by atoms with Crippen LogP contribution >= 0.6 is 27.7 Å². The summed E-state index contributed by atoms with van der Waals surface area (Å²) in [6.45, 7) is 7.60. The van der Waals surface area contributed by atoms with Crippen molar-refractivity contribution in [2.75, 3.05) is 49.5 Å². The summed E-state index contributed by atoms with van der Waals surface area (Å²) in [6.07, 6.45) is 4.91. The normalized spacial score (nSPS) is 21.2. The Hall–Kier alpha value is -1.05. The number of benzene rings is 1. The van der Waals surface area contributed by atoms with Crippen LogP contribution in [0.2, 0.25) is 0 Å². The van der Waals surface area contributed by atoms with Gasteiger partial charge in [-0.1, -0.05) is 28.9 Å². The number of hydrogen-bond acceptors (Lipinski definition) is 4. The summed E-state index contributed by atoms with van der Waals surface area (Å²) in [5.74, 6) is 2.21. The largest absolute Gasteiger partial charge is 0.342 e. The van der Waals surface area contributed by atoms with E-state index in [1.807, 2.05) is 29.2 Å². The van der Waals surface area contributed by atoms with Crippen LogP contribution in [-0.2, 0) is 9.59 Å². The van der Waals surface area contributed by atoms with Crippen LogP contribution in [-0.4, -0.2) is 65.8 Å². The molecular weight excluding hydrogens is 450 g/mol. The van der Waals surface area contributed by atoms with Gasteiger partial charge in [0.15, 0.2) is 0 Å². The van der Waals surface area contributed by atoms with Crippen LogP contribution in [0.4, 0.5) is 5.69 Å². The lowest BCUT2D eigenvalue weighted by molar-refractivity contribution is -0.130. The molecule has 0 bridgehead atoms. The molecule has 3 rings (SSSR count). The van der Waals surface area contributed by atoms with Crippen molar-refractivity contribution in [3.63, 3.8) is 0 Å². The molecular formula is C22H32BrN3O2S. The summed E-state index contributed by atoms with van der Waals surface area (Å²) >= 11 is 4.79. The van der Waals surface area contributed by atoms with E-state index in [1.165, 1.54) is 44.1 Å². The predicted molar refractivity (Wildman–Crippen MR) is 124 cm³/mol. The zero-order valence-corrected chi connectivity index (χ0v) is 19.6. The molecule has 2 amide bonds. The van der Waals surface area contributed by atoms with Crippen molar-refractivity contribution < 1.29 is 9.59 Å². The van der Waals surface area contributed by atoms with Gasteiger partial charge in [-0.3, -0.25) is 9.59 Å². The fraction of sp³-hybridized carbons (Fsp3) is 0.636. The summed E-state index contributed by atoms with van der Waals surface area (Å²) in [6, 6.07) is 7.52. The van der Waals surface area contributed by atoms with Crippen LogP contribution in [0.3, 0.4) is 0 Å². The molecule has 2 aliphatic rings. The maximum absolute atomic E-state index is 12.6. The van der Waals surface area contributed by atoms with E-state index in [0.29, 0.717) is 17.4 Å². The number of nitrogens with one attached hydrogen (secondary N) is 1. The van der Waals surface area contributed by atoms with Gasteiger partial charge in [0.05, 0.1) is 11.5 Å². The highest BCUT2D eigenvalue weighted by Crippen LogP contribution is 2.22. The lowest BCUT2D eigenvalue weighted by Gasteiger charge is -2.37. The molecule has 160 valence electrons. The summed E-state index contributed by atoms with van der Waals surface area (Å²) < 4.78 is 0.928. The van der Waals surface area contributed by atoms with Gasteiger partial charge in [-0.05, 0) is 68.8 Å². The van der Waals surface area contributed by atoms with Gasteiger partial charge >= 0.3 is 0 Å². The van der Waals surface area contributed by atoms with E-state index in [0.717, 1.165) is 42.1 Å². The monoisotopic (exact) mass is 481 g/mol. The Kier molecular flexibility index (Phi) is 8.87. The van der Waals surface area contributed by atoms with Crippen molar-refractivity contribution in [3.05, 3.63) is 28.7 Å². The molecule has 5 nitrogen and oxygen atoms in total. The molecule has 1 aromatic rings. The second-order valence-corrected chi connectivity index (χ2v) is 10.3. The predicted octanol–water partition coefficient (Wildman–Crippen LogP) is 4.09. The summed E-state index contributed by atoms with van der Waals surface area (Å²) in [5.41, 5.74) is 0.766. The SMILES string of the molecule is CC1CCN(CC2CCCN(C(=O)CSCC(=O)Nc3cccc(Br)c3)C2)CC1. The molecule has 2 saturated heterocycles. The number of thioether (sulfide) groups is 1. The first-order valence-electron chi connectivity index (χ1n) is 10.6. The Balaban J connectivity index is 1.35. The highest BCUT2D eigenvalue weighted by atomic mass is 79.9. The number of nitrogens with zero attached hydrogens (tertiary/aromatic N) is 2. The minimum Gasteiger partial charge on any atom is -0.342 e. The molecule has 7 heteroatoms. The van der Waals surface area contributed by atoms with Crippen molar-refractivity contribution in [2.24, 2.45) is 11.8 Å². The third-order valence-corrected chi connectivity index (χ3v) is 7.24. The smallest absolute Gasteiger partial charge is 0.234 e. The number of anilines is 1. The first-order valence-corrected chi connectivity index (χ1v) is 12.6. The molecule has 0 spiro atoms. The van der Waals surface area contributed by atoms with Gasteiger partial charge in [-0.25, -0.2) is 0 Å². The molecule has 2 heterocycles. The minimum atomic E-state index is -0.0725. The highest BCUT2D eigenvalue weighted by Gasteiger charge is 2.26. The van der Waals surface area contributed by atoms with Crippen molar-refractivity contribution in [2.45, 2.75) is 32.6 Å². The zero-order chi connectivity index (χ0) is 20.6. The number of halogens is 1. The number of hydrogen-bond donors (Lipinski definition) is 1. The zero-order valence-electron chi connectivity index (χ0n) is 17.2. The first kappa shape index (κ1) is 22.6. The lowest BCUT2D eigenvalue weighted by atomic mass is 9.94. The van der Waals surface area contributed by atoms with E-state index in [4.69, 9.17) is 0 Å². The molecule has 29 heavy (non-hydrogen) atoms. The number of likely N-dealkylation sites (tertiary alicyclic amines) is 2. The van der Waals surface area contributed by atoms with Crippen molar-refractivity contribution in [1.29, 1.82) is 0 Å². The maximum Gasteiger partial charge on any atom is 0.234 e. The Bertz CT molecular complexity index is 694. The van der Waals surface area contributed by atoms with Crippen LogP contribution < -0.4 is 5.32 Å². The average molecular weight is 482 g/mol. The topological polar surface area (TPSA) is 52.7 Å². The Morgan fingerprint density at radius 2 is 1.97 bits per heavy atom. The molecule has 1 atom stereocenters. The van der Waals surface area contributed by atoms with Crippen molar-refractivity contribution in [3.8, 4) is 0 Å². The summed E-state index contributed by atoms with van der Waals surface area (Å²) in [4.78, 5) is 29.3. The van der Waals surface area contributed by atoms with Crippen LogP contribution in [0, 0.1) is 11.8 Å². The fourth-order valence-corrected chi connectivity index (χ4v) is 5.25. The van der Waals surface area contributed by atoms with E-state index in [2.05, 4.69) is 33.1 Å². The van der Waals surface area contributed by atoms with Crippen LogP contribution in [0.1, 0.15) is 32.6 Å².